The number of nitrogens with zero attached hydrogens (tertiary/aromatic N) is 10. The summed E-state index contributed by atoms with van der Waals surface area (Å²) in [5.74, 6) is 1.70. The van der Waals surface area contributed by atoms with Crippen LogP contribution in [0.4, 0.5) is 21.2 Å². The molecule has 2 amide bonds. The fourth-order valence-electron chi connectivity index (χ4n) is 10.7. The molecular weight excluding hydrogens is 1310 g/mol. The molecule has 96 heavy (non-hydrogen) atoms. The normalized spacial score (nSPS) is 20.2. The molecule has 0 aromatic carbocycles. The number of hydrogen-bond acceptors (Lipinski definition) is 18. The molecule has 9 heterocycles. The Labute approximate surface area is 586 Å². The molecule has 3 saturated heterocycles. The zero-order chi connectivity index (χ0) is 69.4. The zero-order valence-corrected chi connectivity index (χ0v) is 65.7. The van der Waals surface area contributed by atoms with Crippen LogP contribution in [0.25, 0.3) is 16.9 Å². The van der Waals surface area contributed by atoms with Gasteiger partial charge in [-0.3, -0.25) is 9.80 Å². The van der Waals surface area contributed by atoms with Gasteiger partial charge in [0.05, 0.1) is 79.9 Å². The third kappa shape index (κ3) is 24.8. The van der Waals surface area contributed by atoms with E-state index in [1.165, 1.54) is 0 Å². The number of ether oxygens (including phenoxy) is 8. The van der Waals surface area contributed by atoms with Crippen molar-refractivity contribution in [1.29, 1.82) is 0 Å². The first-order valence-electron chi connectivity index (χ1n) is 33.7. The van der Waals surface area contributed by atoms with E-state index in [0.717, 1.165) is 84.6 Å². The number of hydrogen-bond donors (Lipinski definition) is 0. The first kappa shape index (κ1) is 82.4. The van der Waals surface area contributed by atoms with Crippen LogP contribution in [0.3, 0.4) is 0 Å². The average molecular weight is 1430 g/mol. The van der Waals surface area contributed by atoms with E-state index in [1.54, 1.807) is 16.9 Å². The quantitative estimate of drug-likeness (QED) is 0.0277. The van der Waals surface area contributed by atoms with Gasteiger partial charge in [-0.2, -0.15) is 19.2 Å². The third-order valence-electron chi connectivity index (χ3n) is 16.8. The van der Waals surface area contributed by atoms with Crippen molar-refractivity contribution in [3.8, 4) is 0 Å². The zero-order valence-electron chi connectivity index (χ0n) is 61.0. The molecule has 0 radical (unpaired) electrons. The minimum atomic E-state index is -1.22. The van der Waals surface area contributed by atoms with Gasteiger partial charge < -0.3 is 57.0 Å². The van der Waals surface area contributed by atoms with Crippen molar-refractivity contribution in [2.24, 2.45) is 0 Å². The van der Waals surface area contributed by atoms with E-state index < -0.39 is 43.5 Å². The SMILES string of the molecule is C.C.CC(C)(C)OC(=O)N1C2C=C(B3OC(C)(C)C(C)(C)O3)CC1COC2.CC(C)(C)OC(=O)N1C2C=C(c3cc(N(COCC[Si](C)(C)C)COCC[Si](C)(C)C)n4nccc4n3)CC1COC2.C[Si](C)(C)CCOCN(COCC[Si](C)(C)C)c1cc(Cl)nc2ccnn12.[2HH]. The first-order chi connectivity index (χ1) is 43.5. The van der Waals surface area contributed by atoms with Crippen LogP contribution < -0.4 is 9.80 Å². The van der Waals surface area contributed by atoms with Crippen LogP contribution in [0.15, 0.2) is 54.3 Å². The van der Waals surface area contributed by atoms with Crippen LogP contribution in [0, 0.1) is 0 Å². The van der Waals surface area contributed by atoms with Gasteiger partial charge in [0.2, 0.25) is 0 Å². The van der Waals surface area contributed by atoms with Gasteiger partial charge in [-0.15, -0.1) is 0 Å². The molecule has 4 atom stereocenters. The van der Waals surface area contributed by atoms with Crippen molar-refractivity contribution in [2.45, 2.75) is 246 Å². The maximum atomic E-state index is 13.1. The smallest absolute Gasteiger partial charge is 0.444 e. The highest BCUT2D eigenvalue weighted by Crippen LogP contribution is 2.42. The molecule has 9 rings (SSSR count). The molecule has 4 bridgehead atoms. The van der Waals surface area contributed by atoms with Crippen LogP contribution in [0.2, 0.25) is 108 Å². The lowest BCUT2D eigenvalue weighted by molar-refractivity contribution is -0.0532. The van der Waals surface area contributed by atoms with Gasteiger partial charge in [0, 0.05) is 84.4 Å². The van der Waals surface area contributed by atoms with Crippen LogP contribution in [-0.4, -0.2) is 217 Å². The fraction of sp³-hybridized carbons (Fsp3) is 0.735. The number of carbonyl (C=O) groups is 2. The maximum Gasteiger partial charge on any atom is 0.490 e. The van der Waals surface area contributed by atoms with E-state index in [9.17, 15) is 9.59 Å². The average Bonchev–Trinajstić information content (AvgIpc) is 1.75. The van der Waals surface area contributed by atoms with Crippen molar-refractivity contribution in [3.05, 3.63) is 65.1 Å². The summed E-state index contributed by atoms with van der Waals surface area (Å²) in [5, 5.41) is 9.40. The van der Waals surface area contributed by atoms with Crippen molar-refractivity contribution in [2.75, 3.05) is 89.6 Å². The fourth-order valence-corrected chi connectivity index (χ4v) is 13.9. The summed E-state index contributed by atoms with van der Waals surface area (Å²) in [7, 11) is -5.04. The van der Waals surface area contributed by atoms with E-state index >= 15 is 0 Å². The Morgan fingerprint density at radius 3 is 1.33 bits per heavy atom. The van der Waals surface area contributed by atoms with E-state index in [2.05, 4.69) is 117 Å². The highest BCUT2D eigenvalue weighted by Gasteiger charge is 2.54. The summed E-state index contributed by atoms with van der Waals surface area (Å²) in [6, 6.07) is 11.6. The molecule has 0 N–H and O–H groups in total. The topological polar surface area (TPSA) is 200 Å². The summed E-state index contributed by atoms with van der Waals surface area (Å²) >= 11 is 6.22. The van der Waals surface area contributed by atoms with Gasteiger partial charge in [-0.25, -0.2) is 19.6 Å². The lowest BCUT2D eigenvalue weighted by Gasteiger charge is -2.44. The molecule has 22 nitrogen and oxygen atoms in total. The van der Waals surface area contributed by atoms with Gasteiger partial charge in [-0.05, 0) is 117 Å². The van der Waals surface area contributed by atoms with Crippen molar-refractivity contribution in [1.82, 2.24) is 39.0 Å². The second kappa shape index (κ2) is 34.0. The molecule has 4 aromatic heterocycles. The third-order valence-corrected chi connectivity index (χ3v) is 23.8. The van der Waals surface area contributed by atoms with E-state index in [1.807, 2.05) is 107 Å². The Morgan fingerprint density at radius 2 is 0.958 bits per heavy atom. The Balaban J connectivity index is 0.000000319. The summed E-state index contributed by atoms with van der Waals surface area (Å²) in [4.78, 5) is 42.8. The molecule has 3 fully saturated rings. The number of fused-ring (bicyclic) bond motifs is 6. The van der Waals surface area contributed by atoms with E-state index in [0.29, 0.717) is 77.0 Å². The lowest BCUT2D eigenvalue weighted by atomic mass is 9.71. The second-order valence-electron chi connectivity index (χ2n) is 33.3. The van der Waals surface area contributed by atoms with Gasteiger partial charge in [0.25, 0.3) is 0 Å². The number of halogens is 1. The summed E-state index contributed by atoms with van der Waals surface area (Å²) < 4.78 is 63.2. The van der Waals surface area contributed by atoms with E-state index in [4.69, 9.17) is 63.8 Å². The Kier molecular flexibility index (Phi) is 29.2. The molecule has 0 aliphatic carbocycles. The van der Waals surface area contributed by atoms with Crippen LogP contribution in [0.5, 0.6) is 0 Å². The molecule has 0 saturated carbocycles. The predicted octanol–water partition coefficient (Wildman–Crippen LogP) is 15.2. The molecule has 0 spiro atoms. The summed E-state index contributed by atoms with van der Waals surface area (Å²) in [5.41, 5.74) is 2.72. The molecule has 4 aromatic rings. The largest absolute Gasteiger partial charge is 0.490 e. The predicted molar refractivity (Wildman–Crippen MR) is 402 cm³/mol. The minimum absolute atomic E-state index is 0. The van der Waals surface area contributed by atoms with Crippen LogP contribution in [0.1, 0.15) is 104 Å². The van der Waals surface area contributed by atoms with Gasteiger partial charge in [-0.1, -0.05) is 117 Å². The Hall–Kier alpha value is -4.24. The standard InChI is InChI=1S/C30H51N5O5Si2.C18H30BNO5.C18H33ClN4O2Si2.2CH4.H2/c1-30(2,3)40-29(36)34-24-16-23(17-25(34)20-39-19-24)26-18-28(35-27(32-26)10-11-31-35)33(21-37-12-14-41(4,5)6)22-38-13-15-42(7,8)9;1-16(2,3)23-15(21)20-13-8-12(9-14(20)11-22-10-13)19-24-17(4,5)18(6,7)25-19;1-26(2,3)11-9-24-14-22(15-25-10-12-27(4,5)6)18-13-16(19)21-17-7-8-20-23(17)18;;;/h10-11,16,18,24-25H,12-15,17,19-22H2,1-9H3;8,13-14H,9-11H2,1-7H3;7-8,13H,9-12,14-15H2,1-6H3;2*1H4;1H/i;;;;;1+1. The molecule has 5 aliphatic rings. The van der Waals surface area contributed by atoms with Crippen molar-refractivity contribution < 1.29 is 58.2 Å². The minimum Gasteiger partial charge on any atom is -0.444 e. The van der Waals surface area contributed by atoms with Crippen LogP contribution >= 0.6 is 11.6 Å². The molecular formula is C68H124BClN10O12Si4. The second-order valence-corrected chi connectivity index (χ2v) is 56.2. The van der Waals surface area contributed by atoms with Crippen molar-refractivity contribution in [3.63, 3.8) is 0 Å². The number of amides is 2. The maximum absolute atomic E-state index is 13.1. The van der Waals surface area contributed by atoms with Crippen molar-refractivity contribution >= 4 is 91.7 Å². The summed E-state index contributed by atoms with van der Waals surface area (Å²) in [6.45, 7) is 54.3. The number of anilines is 2. The van der Waals surface area contributed by atoms with Gasteiger partial charge in [0.1, 0.15) is 54.9 Å². The number of carbonyl (C=O) groups excluding carboxylic acids is 2. The Bertz CT molecular complexity index is 3150. The number of rotatable bonds is 24. The van der Waals surface area contributed by atoms with Gasteiger partial charge in [0.15, 0.2) is 11.3 Å². The number of aromatic nitrogens is 6. The van der Waals surface area contributed by atoms with Gasteiger partial charge >= 0.3 is 19.3 Å². The Morgan fingerprint density at radius 1 is 0.583 bits per heavy atom. The molecule has 4 unspecified atom stereocenters. The molecule has 28 heteroatoms. The lowest BCUT2D eigenvalue weighted by Crippen LogP contribution is -2.58. The highest BCUT2D eigenvalue weighted by atomic mass is 35.5. The molecule has 5 aliphatic heterocycles. The highest BCUT2D eigenvalue weighted by molar-refractivity contribution is 6.77. The molecule has 544 valence electrons. The van der Waals surface area contributed by atoms with Crippen LogP contribution in [-0.2, 0) is 47.2 Å². The first-order valence-corrected chi connectivity index (χ1v) is 48.9. The number of morpholine rings is 2. The monoisotopic (exact) mass is 1430 g/mol. The van der Waals surface area contributed by atoms with E-state index in [-0.39, 0.29) is 71.0 Å². The summed E-state index contributed by atoms with van der Waals surface area (Å²) in [6.07, 6.45) is 8.38.